The summed E-state index contributed by atoms with van der Waals surface area (Å²) < 4.78 is 5.16. The van der Waals surface area contributed by atoms with Crippen molar-refractivity contribution in [1.29, 1.82) is 0 Å². The third-order valence-corrected chi connectivity index (χ3v) is 5.16. The predicted molar refractivity (Wildman–Crippen MR) is 97.6 cm³/mol. The fourth-order valence-electron chi connectivity index (χ4n) is 3.87. The Kier molecular flexibility index (Phi) is 4.18. The number of carbonyl (C=O) groups is 3. The molecule has 2 aromatic rings. The quantitative estimate of drug-likeness (QED) is 0.668. The smallest absolute Gasteiger partial charge is 0.329 e. The highest BCUT2D eigenvalue weighted by atomic mass is 16.6. The second kappa shape index (κ2) is 6.54. The van der Waals surface area contributed by atoms with Gasteiger partial charge in [0, 0.05) is 12.8 Å². The normalized spacial score (nSPS) is 27.6. The Hall–Kier alpha value is -3.15. The number of rotatable bonds is 4. The van der Waals surface area contributed by atoms with Crippen LogP contribution >= 0.6 is 0 Å². The van der Waals surface area contributed by atoms with Crippen LogP contribution in [0, 0.1) is 0 Å². The molecule has 0 saturated carbocycles. The van der Waals surface area contributed by atoms with E-state index in [1.807, 2.05) is 60.7 Å². The molecular formula is C21H20N2O4. The Labute approximate surface area is 157 Å². The summed E-state index contributed by atoms with van der Waals surface area (Å²) in [5.74, 6) is -0.951. The van der Waals surface area contributed by atoms with E-state index in [1.54, 1.807) is 6.92 Å². The Morgan fingerprint density at radius 2 is 1.67 bits per heavy atom. The van der Waals surface area contributed by atoms with Crippen LogP contribution in [0.2, 0.25) is 0 Å². The maximum absolute atomic E-state index is 13.5. The van der Waals surface area contributed by atoms with Gasteiger partial charge in [0.2, 0.25) is 0 Å². The van der Waals surface area contributed by atoms with Gasteiger partial charge in [-0.3, -0.25) is 4.79 Å². The van der Waals surface area contributed by atoms with Crippen LogP contribution in [0.3, 0.4) is 0 Å². The Morgan fingerprint density at radius 1 is 1.04 bits per heavy atom. The van der Waals surface area contributed by atoms with Crippen molar-refractivity contribution in [2.75, 3.05) is 0 Å². The first-order chi connectivity index (χ1) is 13.0. The van der Waals surface area contributed by atoms with Crippen LogP contribution in [0.1, 0.15) is 24.5 Å². The number of hydrogen-bond acceptors (Lipinski definition) is 4. The number of imide groups is 1. The molecule has 2 heterocycles. The molecule has 138 valence electrons. The monoisotopic (exact) mass is 364 g/mol. The average molecular weight is 364 g/mol. The molecule has 2 aromatic carbocycles. The van der Waals surface area contributed by atoms with Crippen molar-refractivity contribution in [2.24, 2.45) is 0 Å². The molecule has 4 rings (SSSR count). The number of ether oxygens (including phenoxy) is 1. The van der Waals surface area contributed by atoms with Crippen LogP contribution in [-0.4, -0.2) is 35.0 Å². The molecule has 0 bridgehead atoms. The molecule has 0 spiro atoms. The number of nitrogens with one attached hydrogen (secondary N) is 1. The van der Waals surface area contributed by atoms with Crippen LogP contribution in [-0.2, 0) is 26.3 Å². The molecule has 2 aliphatic rings. The zero-order valence-corrected chi connectivity index (χ0v) is 14.9. The molecule has 3 amide bonds. The standard InChI is InChI=1S/C21H20N2O4/c1-14-12-17(18(24)27-14)23-19(25)21(22-20(23)26,16-10-6-3-7-11-16)13-15-8-4-2-5-9-15/h2-11,14,17H,12-13H2,1H3,(H,22,26)/t14-,17-,21+/m1/s1. The van der Waals surface area contributed by atoms with Crippen LogP contribution in [0.4, 0.5) is 4.79 Å². The molecule has 0 aliphatic carbocycles. The minimum Gasteiger partial charge on any atom is -0.461 e. The first-order valence-corrected chi connectivity index (χ1v) is 8.97. The van der Waals surface area contributed by atoms with Crippen molar-refractivity contribution in [2.45, 2.75) is 37.5 Å². The highest BCUT2D eigenvalue weighted by molar-refractivity contribution is 6.10. The average Bonchev–Trinajstić information content (AvgIpc) is 3.12. The second-order valence-electron chi connectivity index (χ2n) is 7.04. The van der Waals surface area contributed by atoms with Gasteiger partial charge in [0.1, 0.15) is 12.1 Å². The van der Waals surface area contributed by atoms with E-state index in [0.717, 1.165) is 10.5 Å². The number of carbonyl (C=O) groups excluding carboxylic acids is 3. The number of amides is 3. The lowest BCUT2D eigenvalue weighted by Gasteiger charge is -2.28. The van der Waals surface area contributed by atoms with Crippen molar-refractivity contribution >= 4 is 17.9 Å². The summed E-state index contributed by atoms with van der Waals surface area (Å²) in [6, 6.07) is 17.2. The van der Waals surface area contributed by atoms with E-state index in [9.17, 15) is 14.4 Å². The molecule has 2 saturated heterocycles. The summed E-state index contributed by atoms with van der Waals surface area (Å²) in [5.41, 5.74) is 0.361. The number of cyclic esters (lactones) is 1. The van der Waals surface area contributed by atoms with Crippen molar-refractivity contribution in [3.63, 3.8) is 0 Å². The van der Waals surface area contributed by atoms with Gasteiger partial charge in [0.05, 0.1) is 0 Å². The summed E-state index contributed by atoms with van der Waals surface area (Å²) in [6.45, 7) is 1.75. The number of nitrogens with zero attached hydrogens (tertiary/aromatic N) is 1. The molecule has 6 nitrogen and oxygen atoms in total. The van der Waals surface area contributed by atoms with E-state index in [2.05, 4.69) is 5.32 Å². The molecule has 2 aliphatic heterocycles. The van der Waals surface area contributed by atoms with Gasteiger partial charge in [-0.25, -0.2) is 14.5 Å². The lowest BCUT2D eigenvalue weighted by Crippen LogP contribution is -2.48. The van der Waals surface area contributed by atoms with Gasteiger partial charge in [-0.05, 0) is 18.1 Å². The molecule has 27 heavy (non-hydrogen) atoms. The highest BCUT2D eigenvalue weighted by Gasteiger charge is 2.57. The first kappa shape index (κ1) is 17.3. The van der Waals surface area contributed by atoms with Crippen molar-refractivity contribution in [3.05, 3.63) is 71.8 Å². The van der Waals surface area contributed by atoms with E-state index in [-0.39, 0.29) is 6.10 Å². The molecule has 2 fully saturated rings. The van der Waals surface area contributed by atoms with Crippen LogP contribution < -0.4 is 5.32 Å². The number of hydrogen-bond donors (Lipinski definition) is 1. The van der Waals surface area contributed by atoms with Crippen molar-refractivity contribution in [3.8, 4) is 0 Å². The summed E-state index contributed by atoms with van der Waals surface area (Å²) in [5, 5.41) is 2.87. The molecule has 6 heteroatoms. The molecule has 3 atom stereocenters. The number of benzene rings is 2. The van der Waals surface area contributed by atoms with Gasteiger partial charge in [0.25, 0.3) is 5.91 Å². The van der Waals surface area contributed by atoms with Gasteiger partial charge in [-0.15, -0.1) is 0 Å². The minimum absolute atomic E-state index is 0.302. The van der Waals surface area contributed by atoms with E-state index >= 15 is 0 Å². The first-order valence-electron chi connectivity index (χ1n) is 8.97. The summed E-state index contributed by atoms with van der Waals surface area (Å²) in [6.07, 6.45) is 0.300. The summed E-state index contributed by atoms with van der Waals surface area (Å²) in [7, 11) is 0. The van der Waals surface area contributed by atoms with Gasteiger partial charge < -0.3 is 10.1 Å². The second-order valence-corrected chi connectivity index (χ2v) is 7.04. The van der Waals surface area contributed by atoms with Gasteiger partial charge in [0.15, 0.2) is 5.54 Å². The Balaban J connectivity index is 1.76. The van der Waals surface area contributed by atoms with E-state index < -0.39 is 29.5 Å². The van der Waals surface area contributed by atoms with Gasteiger partial charge in [-0.2, -0.15) is 0 Å². The van der Waals surface area contributed by atoms with Crippen molar-refractivity contribution in [1.82, 2.24) is 10.2 Å². The highest BCUT2D eigenvalue weighted by Crippen LogP contribution is 2.36. The molecular weight excluding hydrogens is 344 g/mol. The molecule has 0 radical (unpaired) electrons. The van der Waals surface area contributed by atoms with E-state index in [0.29, 0.717) is 18.4 Å². The zero-order chi connectivity index (χ0) is 19.0. The fourth-order valence-corrected chi connectivity index (χ4v) is 3.87. The minimum atomic E-state index is -1.24. The fraction of sp³-hybridized carbons (Fsp3) is 0.286. The topological polar surface area (TPSA) is 75.7 Å². The lowest BCUT2D eigenvalue weighted by molar-refractivity contribution is -0.147. The third kappa shape index (κ3) is 2.87. The summed E-state index contributed by atoms with van der Waals surface area (Å²) >= 11 is 0. The molecule has 0 aromatic heterocycles. The van der Waals surface area contributed by atoms with E-state index in [1.165, 1.54) is 0 Å². The maximum Gasteiger partial charge on any atom is 0.329 e. The van der Waals surface area contributed by atoms with E-state index in [4.69, 9.17) is 4.74 Å². The van der Waals surface area contributed by atoms with Crippen LogP contribution in [0.25, 0.3) is 0 Å². The predicted octanol–water partition coefficient (Wildman–Crippen LogP) is 2.38. The van der Waals surface area contributed by atoms with Crippen LogP contribution in [0.15, 0.2) is 60.7 Å². The SMILES string of the molecule is C[C@@H]1C[C@@H](N2C(=O)N[C@@](Cc3ccccc3)(c3ccccc3)C2=O)C(=O)O1. The largest absolute Gasteiger partial charge is 0.461 e. The van der Waals surface area contributed by atoms with Crippen LogP contribution in [0.5, 0.6) is 0 Å². The summed E-state index contributed by atoms with van der Waals surface area (Å²) in [4.78, 5) is 39.5. The maximum atomic E-state index is 13.5. The molecule has 0 unspecified atom stereocenters. The lowest BCUT2D eigenvalue weighted by atomic mass is 9.83. The Bertz CT molecular complexity index is 884. The Morgan fingerprint density at radius 3 is 2.26 bits per heavy atom. The molecule has 1 N–H and O–H groups in total. The van der Waals surface area contributed by atoms with Crippen molar-refractivity contribution < 1.29 is 19.1 Å². The van der Waals surface area contributed by atoms with Gasteiger partial charge >= 0.3 is 12.0 Å². The zero-order valence-electron chi connectivity index (χ0n) is 14.9. The number of esters is 1. The third-order valence-electron chi connectivity index (χ3n) is 5.16. The number of urea groups is 1. The van der Waals surface area contributed by atoms with Gasteiger partial charge in [-0.1, -0.05) is 60.7 Å².